The molecule has 0 fully saturated rings. The predicted octanol–water partition coefficient (Wildman–Crippen LogP) is 1.57. The maximum atomic E-state index is 12.3. The number of ether oxygens (including phenoxy) is 2. The summed E-state index contributed by atoms with van der Waals surface area (Å²) in [6.45, 7) is 0.933. The van der Waals surface area contributed by atoms with Crippen molar-refractivity contribution in [2.75, 3.05) is 7.11 Å². The Labute approximate surface area is 138 Å². The highest BCUT2D eigenvalue weighted by Gasteiger charge is 2.50. The highest BCUT2D eigenvalue weighted by Crippen LogP contribution is 2.33. The minimum Gasteiger partial charge on any atom is -0.511 e. The molecule has 0 spiro atoms. The van der Waals surface area contributed by atoms with Gasteiger partial charge in [-0.25, -0.2) is 0 Å². The first-order chi connectivity index (χ1) is 11.3. The minimum atomic E-state index is -2.36. The molecule has 0 radical (unpaired) electrons. The number of esters is 1. The highest BCUT2D eigenvalue weighted by atomic mass is 16.5. The molecule has 0 aliphatic heterocycles. The van der Waals surface area contributed by atoms with Crippen LogP contribution < -0.4 is 4.74 Å². The van der Waals surface area contributed by atoms with E-state index in [1.165, 1.54) is 7.11 Å². The van der Waals surface area contributed by atoms with Crippen LogP contribution in [-0.4, -0.2) is 39.8 Å². The standard InChI is InChI=1S/C17H18O7/c1-10(18)17(22)8-12(19)7-14(20)15(17)16(21)24-9-11-3-5-13(23-2)6-4-11/h3-8,15,19-20,22H,9H2,1-2H3. The van der Waals surface area contributed by atoms with Crippen molar-refractivity contribution in [3.63, 3.8) is 0 Å². The van der Waals surface area contributed by atoms with Gasteiger partial charge in [0.2, 0.25) is 0 Å². The molecule has 0 saturated carbocycles. The van der Waals surface area contributed by atoms with Crippen molar-refractivity contribution in [2.45, 2.75) is 19.1 Å². The lowest BCUT2D eigenvalue weighted by molar-refractivity contribution is -0.161. The second-order valence-electron chi connectivity index (χ2n) is 5.41. The Morgan fingerprint density at radius 1 is 1.21 bits per heavy atom. The third-order valence-electron chi connectivity index (χ3n) is 3.74. The summed E-state index contributed by atoms with van der Waals surface area (Å²) in [6, 6.07) is 6.75. The number of hydrogen-bond donors (Lipinski definition) is 3. The topological polar surface area (TPSA) is 113 Å². The molecule has 7 nitrogen and oxygen atoms in total. The van der Waals surface area contributed by atoms with E-state index < -0.39 is 34.8 Å². The van der Waals surface area contributed by atoms with Crippen molar-refractivity contribution in [3.8, 4) is 5.75 Å². The molecule has 2 unspecified atom stereocenters. The van der Waals surface area contributed by atoms with Crippen LogP contribution in [0, 0.1) is 5.92 Å². The van der Waals surface area contributed by atoms with Gasteiger partial charge >= 0.3 is 5.97 Å². The molecule has 3 N–H and O–H groups in total. The number of ketones is 1. The predicted molar refractivity (Wildman–Crippen MR) is 83.3 cm³/mol. The fourth-order valence-electron chi connectivity index (χ4n) is 2.38. The molecular weight excluding hydrogens is 316 g/mol. The number of methoxy groups -OCH3 is 1. The number of aliphatic hydroxyl groups is 3. The Bertz CT molecular complexity index is 702. The van der Waals surface area contributed by atoms with Gasteiger partial charge in [-0.3, -0.25) is 9.59 Å². The average Bonchev–Trinajstić information content (AvgIpc) is 2.52. The largest absolute Gasteiger partial charge is 0.511 e. The molecule has 24 heavy (non-hydrogen) atoms. The lowest BCUT2D eigenvalue weighted by atomic mass is 9.79. The van der Waals surface area contributed by atoms with Crippen LogP contribution in [0.25, 0.3) is 0 Å². The number of carbonyl (C=O) groups is 2. The van der Waals surface area contributed by atoms with Crippen molar-refractivity contribution < 1.29 is 34.4 Å². The van der Waals surface area contributed by atoms with Crippen LogP contribution in [0.1, 0.15) is 12.5 Å². The number of hydrogen-bond acceptors (Lipinski definition) is 7. The van der Waals surface area contributed by atoms with Crippen LogP contribution in [0.3, 0.4) is 0 Å². The van der Waals surface area contributed by atoms with E-state index in [9.17, 15) is 24.9 Å². The molecule has 1 aromatic carbocycles. The van der Waals surface area contributed by atoms with Crippen LogP contribution >= 0.6 is 0 Å². The van der Waals surface area contributed by atoms with E-state index in [4.69, 9.17) is 9.47 Å². The van der Waals surface area contributed by atoms with Gasteiger partial charge in [0.1, 0.15) is 23.9 Å². The minimum absolute atomic E-state index is 0.115. The Morgan fingerprint density at radius 3 is 2.38 bits per heavy atom. The van der Waals surface area contributed by atoms with E-state index in [2.05, 4.69) is 0 Å². The van der Waals surface area contributed by atoms with Gasteiger partial charge in [0.15, 0.2) is 17.3 Å². The van der Waals surface area contributed by atoms with Gasteiger partial charge in [0.25, 0.3) is 0 Å². The first-order valence-electron chi connectivity index (χ1n) is 7.13. The highest BCUT2D eigenvalue weighted by molar-refractivity contribution is 5.94. The lowest BCUT2D eigenvalue weighted by Crippen LogP contribution is -2.49. The quantitative estimate of drug-likeness (QED) is 0.700. The molecule has 0 amide bonds. The van der Waals surface area contributed by atoms with E-state index in [-0.39, 0.29) is 6.61 Å². The van der Waals surface area contributed by atoms with Crippen LogP contribution in [0.15, 0.2) is 47.9 Å². The summed E-state index contributed by atoms with van der Waals surface area (Å²) >= 11 is 0. The van der Waals surface area contributed by atoms with Crippen molar-refractivity contribution in [1.29, 1.82) is 0 Å². The fourth-order valence-corrected chi connectivity index (χ4v) is 2.38. The van der Waals surface area contributed by atoms with Crippen molar-refractivity contribution >= 4 is 11.8 Å². The van der Waals surface area contributed by atoms with E-state index in [0.717, 1.165) is 19.1 Å². The van der Waals surface area contributed by atoms with Gasteiger partial charge in [0, 0.05) is 6.08 Å². The fraction of sp³-hybridized carbons (Fsp3) is 0.294. The van der Waals surface area contributed by atoms with Crippen molar-refractivity contribution in [2.24, 2.45) is 5.92 Å². The first kappa shape index (κ1) is 17.6. The summed E-state index contributed by atoms with van der Waals surface area (Å²) in [7, 11) is 1.53. The number of Topliss-reactive ketones (excluding diaryl/α,β-unsaturated/α-hetero) is 1. The van der Waals surface area contributed by atoms with Crippen LogP contribution in [0.2, 0.25) is 0 Å². The lowest BCUT2D eigenvalue weighted by Gasteiger charge is -2.31. The van der Waals surface area contributed by atoms with E-state index in [1.807, 2.05) is 0 Å². The Kier molecular flexibility index (Phi) is 4.94. The summed E-state index contributed by atoms with van der Waals surface area (Å²) in [5.41, 5.74) is -1.70. The van der Waals surface area contributed by atoms with Crippen molar-refractivity contribution in [3.05, 3.63) is 53.5 Å². The number of benzene rings is 1. The van der Waals surface area contributed by atoms with Gasteiger partial charge < -0.3 is 24.8 Å². The zero-order valence-corrected chi connectivity index (χ0v) is 13.2. The molecule has 0 bridgehead atoms. The molecule has 1 aromatic rings. The maximum absolute atomic E-state index is 12.3. The molecule has 0 saturated heterocycles. The summed E-state index contributed by atoms with van der Waals surface area (Å²) < 4.78 is 10.1. The molecule has 1 aliphatic rings. The SMILES string of the molecule is COc1ccc(COC(=O)C2C(O)=CC(O)=CC2(O)C(C)=O)cc1. The number of aliphatic hydroxyl groups excluding tert-OH is 2. The number of rotatable bonds is 5. The zero-order chi connectivity index (χ0) is 17.9. The molecule has 0 heterocycles. The van der Waals surface area contributed by atoms with Gasteiger partial charge in [0.05, 0.1) is 7.11 Å². The Balaban J connectivity index is 2.15. The smallest absolute Gasteiger partial charge is 0.320 e. The van der Waals surface area contributed by atoms with Gasteiger partial charge in [-0.1, -0.05) is 12.1 Å². The summed E-state index contributed by atoms with van der Waals surface area (Å²) in [4.78, 5) is 24.0. The maximum Gasteiger partial charge on any atom is 0.320 e. The monoisotopic (exact) mass is 334 g/mol. The molecule has 0 aromatic heterocycles. The Morgan fingerprint density at radius 2 is 1.83 bits per heavy atom. The first-order valence-corrected chi connectivity index (χ1v) is 7.13. The summed E-state index contributed by atoms with van der Waals surface area (Å²) in [5, 5.41) is 29.7. The Hall–Kier alpha value is -2.80. The average molecular weight is 334 g/mol. The molecular formula is C17H18O7. The van der Waals surface area contributed by atoms with Gasteiger partial charge in [-0.05, 0) is 30.7 Å². The second kappa shape index (κ2) is 6.76. The molecule has 2 rings (SSSR count). The van der Waals surface area contributed by atoms with E-state index >= 15 is 0 Å². The van der Waals surface area contributed by atoms with Crippen LogP contribution in [0.4, 0.5) is 0 Å². The normalized spacial score (nSPS) is 23.0. The molecule has 2 atom stereocenters. The van der Waals surface area contributed by atoms with E-state index in [1.54, 1.807) is 24.3 Å². The number of allylic oxidation sites excluding steroid dienone is 1. The third-order valence-corrected chi connectivity index (χ3v) is 3.74. The molecule has 1 aliphatic carbocycles. The van der Waals surface area contributed by atoms with Crippen LogP contribution in [0.5, 0.6) is 5.75 Å². The third kappa shape index (κ3) is 3.41. The summed E-state index contributed by atoms with van der Waals surface area (Å²) in [5.74, 6) is -3.94. The second-order valence-corrected chi connectivity index (χ2v) is 5.41. The van der Waals surface area contributed by atoms with E-state index in [0.29, 0.717) is 11.3 Å². The summed E-state index contributed by atoms with van der Waals surface area (Å²) in [6.07, 6.45) is 1.70. The molecule has 128 valence electrons. The zero-order valence-electron chi connectivity index (χ0n) is 13.2. The van der Waals surface area contributed by atoms with Gasteiger partial charge in [-0.2, -0.15) is 0 Å². The van der Waals surface area contributed by atoms with Gasteiger partial charge in [-0.15, -0.1) is 0 Å². The van der Waals surface area contributed by atoms with Crippen LogP contribution in [-0.2, 0) is 20.9 Å². The molecule has 7 heteroatoms. The number of carbonyl (C=O) groups excluding carboxylic acids is 2. The van der Waals surface area contributed by atoms with Crippen molar-refractivity contribution in [1.82, 2.24) is 0 Å².